The molecule has 2 nitrogen and oxygen atoms in total. The van der Waals surface area contributed by atoms with E-state index in [0.29, 0.717) is 16.1 Å². The van der Waals surface area contributed by atoms with E-state index in [-0.39, 0.29) is 5.12 Å². The van der Waals surface area contributed by atoms with E-state index in [1.807, 2.05) is 24.3 Å². The second-order valence-electron chi connectivity index (χ2n) is 15.3. The minimum atomic E-state index is 0.223. The van der Waals surface area contributed by atoms with E-state index in [1.165, 1.54) is 64.2 Å². The normalized spacial score (nSPS) is 35.3. The van der Waals surface area contributed by atoms with Gasteiger partial charge in [-0.05, 0) is 128 Å². The van der Waals surface area contributed by atoms with E-state index >= 15 is 0 Å². The fourth-order valence-corrected chi connectivity index (χ4v) is 11.1. The Labute approximate surface area is 256 Å². The number of rotatable bonds is 11. The number of allylic oxidation sites excluding steroid dienone is 2. The second-order valence-corrected chi connectivity index (χ2v) is 16.6. The summed E-state index contributed by atoms with van der Waals surface area (Å²) in [6, 6.07) is 7.82. The van der Waals surface area contributed by atoms with Gasteiger partial charge in [-0.25, -0.2) is 0 Å². The summed E-state index contributed by atoms with van der Waals surface area (Å²) in [7, 11) is 0. The van der Waals surface area contributed by atoms with Crippen LogP contribution in [0.5, 0.6) is 5.75 Å². The molecule has 0 radical (unpaired) electrons. The number of benzene rings is 1. The number of carbonyl (C=O) groups excluding carboxylic acids is 1. The quantitative estimate of drug-likeness (QED) is 0.193. The molecule has 3 heteroatoms. The molecular formula is C38H58O2S. The fraction of sp³-hybridized carbons (Fsp3) is 0.763. The average molecular weight is 579 g/mol. The van der Waals surface area contributed by atoms with E-state index in [2.05, 4.69) is 47.6 Å². The van der Waals surface area contributed by atoms with Crippen LogP contribution in [0.3, 0.4) is 0 Å². The predicted molar refractivity (Wildman–Crippen MR) is 176 cm³/mol. The van der Waals surface area contributed by atoms with Gasteiger partial charge >= 0.3 is 0 Å². The summed E-state index contributed by atoms with van der Waals surface area (Å²) in [6.45, 7) is 15.6. The Bertz CT molecular complexity index is 1060. The van der Waals surface area contributed by atoms with Crippen molar-refractivity contribution in [2.24, 2.45) is 46.3 Å². The first-order chi connectivity index (χ1) is 19.7. The molecule has 0 aromatic heterocycles. The Hall–Kier alpha value is -1.22. The average Bonchev–Trinajstić information content (AvgIpc) is 3.31. The number of ether oxygens (including phenoxy) is 1. The van der Waals surface area contributed by atoms with Crippen molar-refractivity contribution in [3.05, 3.63) is 41.5 Å². The van der Waals surface area contributed by atoms with Crippen LogP contribution >= 0.6 is 11.8 Å². The zero-order valence-electron chi connectivity index (χ0n) is 27.1. The second kappa shape index (κ2) is 13.2. The minimum Gasteiger partial charge on any atom is -0.494 e. The maximum Gasteiger partial charge on any atom is 0.219 e. The van der Waals surface area contributed by atoms with Gasteiger partial charge in [0.15, 0.2) is 0 Å². The third kappa shape index (κ3) is 6.51. The summed E-state index contributed by atoms with van der Waals surface area (Å²) in [5.41, 5.74) is 3.40. The highest BCUT2D eigenvalue weighted by molar-refractivity contribution is 8.14. The number of fused-ring (bicyclic) bond motifs is 5. The van der Waals surface area contributed by atoms with Crippen LogP contribution in [0.15, 0.2) is 35.9 Å². The van der Waals surface area contributed by atoms with E-state index < -0.39 is 0 Å². The van der Waals surface area contributed by atoms with Crippen molar-refractivity contribution in [2.45, 2.75) is 130 Å². The molecule has 0 N–H and O–H groups in total. The smallest absolute Gasteiger partial charge is 0.219 e. The van der Waals surface area contributed by atoms with Gasteiger partial charge in [-0.15, -0.1) is 0 Å². The number of unbranched alkanes of at least 4 members (excludes halogenated alkanes) is 1. The highest BCUT2D eigenvalue weighted by Crippen LogP contribution is 2.67. The molecule has 228 valence electrons. The van der Waals surface area contributed by atoms with Crippen LogP contribution in [0.1, 0.15) is 135 Å². The summed E-state index contributed by atoms with van der Waals surface area (Å²) in [4.78, 5) is 13.2. The third-order valence-corrected chi connectivity index (χ3v) is 13.6. The van der Waals surface area contributed by atoms with Crippen molar-refractivity contribution in [1.82, 2.24) is 0 Å². The molecule has 4 aliphatic carbocycles. The monoisotopic (exact) mass is 578 g/mol. The molecule has 0 aliphatic heterocycles. The van der Waals surface area contributed by atoms with Gasteiger partial charge in [0.05, 0.1) is 6.61 Å². The molecule has 0 unspecified atom stereocenters. The van der Waals surface area contributed by atoms with Gasteiger partial charge < -0.3 is 4.74 Å². The molecule has 0 amide bonds. The lowest BCUT2D eigenvalue weighted by atomic mass is 9.47. The Morgan fingerprint density at radius 3 is 2.49 bits per heavy atom. The summed E-state index contributed by atoms with van der Waals surface area (Å²) in [5, 5.41) is 0.635. The van der Waals surface area contributed by atoms with Gasteiger partial charge in [0.2, 0.25) is 5.12 Å². The number of hydrogen-bond acceptors (Lipinski definition) is 3. The Balaban J connectivity index is 1.19. The first-order valence-electron chi connectivity index (χ1n) is 17.3. The van der Waals surface area contributed by atoms with Gasteiger partial charge in [-0.3, -0.25) is 4.79 Å². The summed E-state index contributed by atoms with van der Waals surface area (Å²) in [6.07, 6.45) is 19.7. The van der Waals surface area contributed by atoms with E-state index in [0.717, 1.165) is 72.7 Å². The van der Waals surface area contributed by atoms with E-state index in [4.69, 9.17) is 4.74 Å². The summed E-state index contributed by atoms with van der Waals surface area (Å²) in [5.74, 6) is 6.14. The van der Waals surface area contributed by atoms with Crippen LogP contribution in [-0.4, -0.2) is 17.0 Å². The van der Waals surface area contributed by atoms with Gasteiger partial charge in [0.25, 0.3) is 0 Å². The molecule has 0 bridgehead atoms. The lowest BCUT2D eigenvalue weighted by Crippen LogP contribution is -2.50. The first-order valence-corrected chi connectivity index (χ1v) is 18.2. The zero-order valence-corrected chi connectivity index (χ0v) is 27.9. The molecule has 41 heavy (non-hydrogen) atoms. The minimum absolute atomic E-state index is 0.223. The van der Waals surface area contributed by atoms with Crippen LogP contribution in [-0.2, 0) is 0 Å². The standard InChI is InChI=1S/C38H58O2S/c1-7-8-24-40-30-15-12-28(13-16-30)36(39)41-31-20-22-37(5)29(25-31)14-17-32-34-19-18-33(27(4)11-9-10-26(2)3)38(34,6)23-21-35(32)37/h12-16,26-27,31-35H,7-11,17-25H2,1-6H3/t27-,31-,32+,33-,34+,35+,37-,38+/m0/s1. The largest absolute Gasteiger partial charge is 0.494 e. The number of thioether (sulfide) groups is 1. The maximum atomic E-state index is 13.2. The van der Waals surface area contributed by atoms with E-state index in [9.17, 15) is 4.79 Å². The fourth-order valence-electron chi connectivity index (χ4n) is 9.99. The van der Waals surface area contributed by atoms with Crippen LogP contribution in [0.2, 0.25) is 0 Å². The molecule has 4 aliphatic rings. The van der Waals surface area contributed by atoms with Crippen LogP contribution in [0, 0.1) is 46.3 Å². The summed E-state index contributed by atoms with van der Waals surface area (Å²) < 4.78 is 5.79. The predicted octanol–water partition coefficient (Wildman–Crippen LogP) is 11.1. The zero-order chi connectivity index (χ0) is 29.2. The van der Waals surface area contributed by atoms with Gasteiger partial charge in [-0.1, -0.05) is 90.6 Å². The highest BCUT2D eigenvalue weighted by Gasteiger charge is 2.59. The van der Waals surface area contributed by atoms with Crippen molar-refractivity contribution in [3.8, 4) is 5.75 Å². The molecule has 1 aromatic carbocycles. The molecule has 0 spiro atoms. The maximum absolute atomic E-state index is 13.2. The molecular weight excluding hydrogens is 520 g/mol. The molecule has 0 saturated heterocycles. The SMILES string of the molecule is CCCCOc1ccc(C(=O)S[C@H]2CC[C@@]3(C)C(=CC[C@@H]4[C@H]5CC[C@@H]([C@@H](C)CCCC(C)C)[C@@]5(C)CC[C@H]43)C2)cc1. The molecule has 3 saturated carbocycles. The molecule has 3 fully saturated rings. The van der Waals surface area contributed by atoms with Crippen LogP contribution < -0.4 is 4.74 Å². The van der Waals surface area contributed by atoms with E-state index in [1.54, 1.807) is 17.3 Å². The van der Waals surface area contributed by atoms with Crippen molar-refractivity contribution < 1.29 is 9.53 Å². The lowest BCUT2D eigenvalue weighted by Gasteiger charge is -2.58. The first kappa shape index (κ1) is 31.2. The Morgan fingerprint density at radius 2 is 1.76 bits per heavy atom. The summed E-state index contributed by atoms with van der Waals surface area (Å²) >= 11 is 1.59. The topological polar surface area (TPSA) is 26.3 Å². The highest BCUT2D eigenvalue weighted by atomic mass is 32.2. The van der Waals surface area contributed by atoms with Crippen molar-refractivity contribution in [3.63, 3.8) is 0 Å². The van der Waals surface area contributed by atoms with Gasteiger partial charge in [0, 0.05) is 10.8 Å². The Kier molecular flexibility index (Phi) is 10.0. The molecule has 0 heterocycles. The van der Waals surface area contributed by atoms with Gasteiger partial charge in [0.1, 0.15) is 5.75 Å². The molecule has 1 aromatic rings. The number of carbonyl (C=O) groups is 1. The van der Waals surface area contributed by atoms with Crippen LogP contribution in [0.4, 0.5) is 0 Å². The Morgan fingerprint density at radius 1 is 0.976 bits per heavy atom. The van der Waals surface area contributed by atoms with Crippen LogP contribution in [0.25, 0.3) is 0 Å². The van der Waals surface area contributed by atoms with Crippen molar-refractivity contribution in [1.29, 1.82) is 0 Å². The molecule has 8 atom stereocenters. The van der Waals surface area contributed by atoms with Crippen molar-refractivity contribution in [2.75, 3.05) is 6.61 Å². The lowest BCUT2D eigenvalue weighted by molar-refractivity contribution is -0.0497. The third-order valence-electron chi connectivity index (χ3n) is 12.4. The van der Waals surface area contributed by atoms with Gasteiger partial charge in [-0.2, -0.15) is 0 Å². The molecule has 5 rings (SSSR count). The van der Waals surface area contributed by atoms with Crippen molar-refractivity contribution >= 4 is 16.9 Å². The number of hydrogen-bond donors (Lipinski definition) is 0.